The monoisotopic (exact) mass is 425 g/mol. The molecule has 0 fully saturated rings. The third kappa shape index (κ3) is 3.70. The highest BCUT2D eigenvalue weighted by molar-refractivity contribution is 5.95. The summed E-state index contributed by atoms with van der Waals surface area (Å²) in [5.41, 5.74) is 1.43. The van der Waals surface area contributed by atoms with Gasteiger partial charge in [0.05, 0.1) is 19.2 Å². The lowest BCUT2D eigenvalue weighted by Crippen LogP contribution is -2.37. The molecule has 30 heavy (non-hydrogen) atoms. The van der Waals surface area contributed by atoms with Crippen molar-refractivity contribution in [3.63, 3.8) is 0 Å². The molecular weight excluding hydrogens is 407 g/mol. The van der Waals surface area contributed by atoms with E-state index in [0.717, 1.165) is 16.8 Å². The van der Waals surface area contributed by atoms with Gasteiger partial charge in [0.1, 0.15) is 11.9 Å². The number of hydroxylamine groups is 1. The summed E-state index contributed by atoms with van der Waals surface area (Å²) < 4.78 is 46.0. The molecule has 3 heterocycles. The van der Waals surface area contributed by atoms with Crippen LogP contribution in [0.2, 0.25) is 0 Å². The highest BCUT2D eigenvalue weighted by Crippen LogP contribution is 2.30. The molecule has 2 unspecified atom stereocenters. The van der Waals surface area contributed by atoms with Crippen molar-refractivity contribution in [1.29, 1.82) is 0 Å². The van der Waals surface area contributed by atoms with Crippen molar-refractivity contribution in [2.45, 2.75) is 44.2 Å². The number of methoxy groups -OCH3 is 1. The number of hydrogen-bond acceptors (Lipinski definition) is 7. The minimum absolute atomic E-state index is 0.0180. The Morgan fingerprint density at radius 1 is 1.40 bits per heavy atom. The van der Waals surface area contributed by atoms with Gasteiger partial charge in [0.2, 0.25) is 5.90 Å². The zero-order valence-electron chi connectivity index (χ0n) is 15.8. The van der Waals surface area contributed by atoms with E-state index in [-0.39, 0.29) is 18.0 Å². The van der Waals surface area contributed by atoms with Crippen LogP contribution in [0.1, 0.15) is 35.8 Å². The maximum atomic E-state index is 12.9. The maximum absolute atomic E-state index is 12.9. The summed E-state index contributed by atoms with van der Waals surface area (Å²) in [7, 11) is 1.26. The van der Waals surface area contributed by atoms with E-state index in [9.17, 15) is 22.8 Å². The van der Waals surface area contributed by atoms with Crippen molar-refractivity contribution < 1.29 is 27.5 Å². The van der Waals surface area contributed by atoms with Crippen molar-refractivity contribution in [3.05, 3.63) is 51.7 Å². The van der Waals surface area contributed by atoms with Gasteiger partial charge in [-0.25, -0.2) is 19.3 Å². The van der Waals surface area contributed by atoms with Crippen molar-refractivity contribution in [1.82, 2.24) is 19.8 Å². The Bertz CT molecular complexity index is 1060. The molecule has 0 aliphatic carbocycles. The fraction of sp³-hybridized carbons (Fsp3) is 0.444. The zero-order chi connectivity index (χ0) is 21.5. The molecule has 1 aromatic heterocycles. The standard InChI is InChI=1S/C18H18F3N5O4/c1-29-16(27)12-6-3-7-14-23-25(17(28)26(12)14)9-13-22-15(30-24-13)10-4-2-5-11(8-10)18(19,20)21/h2,4-5,8,12-13,24H,3,6-7,9H2,1H3. The first-order valence-corrected chi connectivity index (χ1v) is 9.22. The van der Waals surface area contributed by atoms with Crippen LogP contribution >= 0.6 is 0 Å². The Morgan fingerprint density at radius 3 is 2.93 bits per heavy atom. The molecule has 0 spiro atoms. The lowest BCUT2D eigenvalue weighted by atomic mass is 10.1. The van der Waals surface area contributed by atoms with Gasteiger partial charge in [-0.1, -0.05) is 6.07 Å². The summed E-state index contributed by atoms with van der Waals surface area (Å²) in [5, 5.41) is 4.27. The van der Waals surface area contributed by atoms with Crippen LogP contribution in [0.15, 0.2) is 34.1 Å². The van der Waals surface area contributed by atoms with Crippen LogP contribution in [0.4, 0.5) is 13.2 Å². The summed E-state index contributed by atoms with van der Waals surface area (Å²) in [4.78, 5) is 34.2. The molecule has 0 radical (unpaired) electrons. The third-order valence-electron chi connectivity index (χ3n) is 4.95. The van der Waals surface area contributed by atoms with E-state index in [1.165, 1.54) is 23.8 Å². The molecule has 0 bridgehead atoms. The van der Waals surface area contributed by atoms with Crippen LogP contribution in [-0.2, 0) is 33.5 Å². The van der Waals surface area contributed by atoms with E-state index in [1.54, 1.807) is 0 Å². The van der Waals surface area contributed by atoms with Crippen LogP contribution < -0.4 is 11.2 Å². The second-order valence-electron chi connectivity index (χ2n) is 6.93. The van der Waals surface area contributed by atoms with Gasteiger partial charge in [-0.3, -0.25) is 4.57 Å². The molecule has 160 valence electrons. The second-order valence-corrected chi connectivity index (χ2v) is 6.93. The first kappa shape index (κ1) is 20.1. The molecular formula is C18H18F3N5O4. The molecule has 0 saturated carbocycles. The van der Waals surface area contributed by atoms with Crippen molar-refractivity contribution in [2.24, 2.45) is 4.99 Å². The summed E-state index contributed by atoms with van der Waals surface area (Å²) in [6.45, 7) is -0.0187. The van der Waals surface area contributed by atoms with E-state index >= 15 is 0 Å². The summed E-state index contributed by atoms with van der Waals surface area (Å²) in [6, 6.07) is 3.87. The minimum atomic E-state index is -4.49. The lowest BCUT2D eigenvalue weighted by molar-refractivity contribution is -0.145. The van der Waals surface area contributed by atoms with Crippen LogP contribution in [-0.4, -0.2) is 39.5 Å². The van der Waals surface area contributed by atoms with E-state index in [1.807, 2.05) is 0 Å². The topological polar surface area (TPSA) is 99.7 Å². The number of rotatable bonds is 4. The summed E-state index contributed by atoms with van der Waals surface area (Å²) >= 11 is 0. The quantitative estimate of drug-likeness (QED) is 0.744. The van der Waals surface area contributed by atoms with Crippen molar-refractivity contribution in [3.8, 4) is 0 Å². The highest BCUT2D eigenvalue weighted by Gasteiger charge is 2.33. The third-order valence-corrected chi connectivity index (χ3v) is 4.95. The molecule has 12 heteroatoms. The first-order chi connectivity index (χ1) is 14.3. The average Bonchev–Trinajstić information content (AvgIpc) is 3.32. The smallest absolute Gasteiger partial charge is 0.416 e. The number of benzene rings is 1. The van der Waals surface area contributed by atoms with Gasteiger partial charge >= 0.3 is 17.8 Å². The number of carbonyl (C=O) groups is 1. The zero-order valence-corrected chi connectivity index (χ0v) is 15.8. The van der Waals surface area contributed by atoms with Crippen molar-refractivity contribution in [2.75, 3.05) is 7.11 Å². The van der Waals surface area contributed by atoms with Gasteiger partial charge in [-0.15, -0.1) is 5.48 Å². The molecule has 2 atom stereocenters. The van der Waals surface area contributed by atoms with Gasteiger partial charge in [0.25, 0.3) is 0 Å². The highest BCUT2D eigenvalue weighted by atomic mass is 19.4. The predicted octanol–water partition coefficient (Wildman–Crippen LogP) is 1.42. The number of nitrogens with one attached hydrogen (secondary N) is 1. The van der Waals surface area contributed by atoms with Crippen LogP contribution in [0, 0.1) is 0 Å². The Morgan fingerprint density at radius 2 is 2.20 bits per heavy atom. The average molecular weight is 425 g/mol. The lowest BCUT2D eigenvalue weighted by Gasteiger charge is -2.20. The Hall–Kier alpha value is -3.15. The van der Waals surface area contributed by atoms with Crippen molar-refractivity contribution >= 4 is 11.9 Å². The number of esters is 1. The molecule has 0 saturated heterocycles. The van der Waals surface area contributed by atoms with E-state index in [4.69, 9.17) is 9.57 Å². The number of aromatic nitrogens is 3. The number of halogens is 3. The molecule has 9 nitrogen and oxygen atoms in total. The molecule has 4 rings (SSSR count). The fourth-order valence-electron chi connectivity index (χ4n) is 3.53. The normalized spacial score (nSPS) is 21.0. The molecule has 2 aliphatic heterocycles. The number of aliphatic imine (C=N–C) groups is 1. The van der Waals surface area contributed by atoms with Gasteiger partial charge < -0.3 is 9.57 Å². The number of nitrogens with zero attached hydrogens (tertiary/aromatic N) is 4. The summed E-state index contributed by atoms with van der Waals surface area (Å²) in [6.07, 6.45) is -3.50. The molecule has 1 aromatic carbocycles. The molecule has 2 aliphatic rings. The second kappa shape index (κ2) is 7.59. The van der Waals surface area contributed by atoms with E-state index in [0.29, 0.717) is 25.1 Å². The Kier molecular flexibility index (Phi) is 5.10. The number of fused-ring (bicyclic) bond motifs is 1. The SMILES string of the molecule is COC(=O)C1CCCc2nn(CC3N=C(c4cccc(C(F)(F)F)c4)ON3)c(=O)n21. The van der Waals surface area contributed by atoms with Gasteiger partial charge in [0.15, 0.2) is 6.17 Å². The van der Waals surface area contributed by atoms with Crippen LogP contribution in [0.5, 0.6) is 0 Å². The summed E-state index contributed by atoms with van der Waals surface area (Å²) in [5.74, 6) is -0.0528. The van der Waals surface area contributed by atoms with E-state index < -0.39 is 35.6 Å². The number of hydrogen-bond donors (Lipinski definition) is 1. The van der Waals surface area contributed by atoms with Gasteiger partial charge in [-0.2, -0.15) is 18.3 Å². The maximum Gasteiger partial charge on any atom is 0.416 e. The van der Waals surface area contributed by atoms with E-state index in [2.05, 4.69) is 15.6 Å². The number of carbonyl (C=O) groups excluding carboxylic acids is 1. The predicted molar refractivity (Wildman–Crippen MR) is 96.5 cm³/mol. The fourth-order valence-corrected chi connectivity index (χ4v) is 3.53. The minimum Gasteiger partial charge on any atom is -0.467 e. The van der Waals surface area contributed by atoms with Gasteiger partial charge in [-0.05, 0) is 31.0 Å². The largest absolute Gasteiger partial charge is 0.467 e. The van der Waals surface area contributed by atoms with Gasteiger partial charge in [0, 0.05) is 12.0 Å². The number of ether oxygens (including phenoxy) is 1. The first-order valence-electron chi connectivity index (χ1n) is 9.22. The van der Waals surface area contributed by atoms with Crippen LogP contribution in [0.25, 0.3) is 0 Å². The Labute approximate surface area is 168 Å². The van der Waals surface area contributed by atoms with Crippen LogP contribution in [0.3, 0.4) is 0 Å². The molecule has 1 N–H and O–H groups in total. The molecule has 2 aromatic rings. The Balaban J connectivity index is 1.56. The number of aryl methyl sites for hydroxylation is 1. The number of alkyl halides is 3. The molecule has 0 amide bonds.